The summed E-state index contributed by atoms with van der Waals surface area (Å²) in [5.41, 5.74) is -0.455. The molecule has 0 unspecified atom stereocenters. The molecule has 0 saturated carbocycles. The number of carboxylic acids is 1. The zero-order valence-corrected chi connectivity index (χ0v) is 12.5. The van der Waals surface area contributed by atoms with E-state index in [2.05, 4.69) is 0 Å². The lowest BCUT2D eigenvalue weighted by Gasteiger charge is -2.11. The van der Waals surface area contributed by atoms with E-state index < -0.39 is 17.2 Å². The Morgan fingerprint density at radius 2 is 1.83 bits per heavy atom. The molecule has 0 saturated heterocycles. The summed E-state index contributed by atoms with van der Waals surface area (Å²) >= 11 is 0. The van der Waals surface area contributed by atoms with Gasteiger partial charge in [0, 0.05) is 32.5 Å². The van der Waals surface area contributed by atoms with Crippen LogP contribution < -0.4 is 11.2 Å². The fourth-order valence-corrected chi connectivity index (χ4v) is 2.58. The molecule has 0 atom stereocenters. The van der Waals surface area contributed by atoms with Gasteiger partial charge in [-0.15, -0.1) is 0 Å². The van der Waals surface area contributed by atoms with Crippen LogP contribution in [0, 0.1) is 0 Å². The van der Waals surface area contributed by atoms with E-state index in [0.717, 1.165) is 4.57 Å². The van der Waals surface area contributed by atoms with E-state index >= 15 is 0 Å². The molecule has 1 aromatic carbocycles. The molecule has 0 aliphatic carbocycles. The lowest BCUT2D eigenvalue weighted by atomic mass is 10.1. The Morgan fingerprint density at radius 1 is 1.13 bits per heavy atom. The molecule has 0 radical (unpaired) electrons. The van der Waals surface area contributed by atoms with Gasteiger partial charge in [-0.05, 0) is 30.3 Å². The molecule has 2 aromatic heterocycles. The third-order valence-corrected chi connectivity index (χ3v) is 3.85. The van der Waals surface area contributed by atoms with Gasteiger partial charge in [-0.25, -0.2) is 9.59 Å². The number of aromatic nitrogens is 3. The first-order chi connectivity index (χ1) is 11.0. The van der Waals surface area contributed by atoms with Crippen molar-refractivity contribution in [2.75, 3.05) is 0 Å². The molecule has 118 valence electrons. The third kappa shape index (κ3) is 2.57. The van der Waals surface area contributed by atoms with E-state index in [9.17, 15) is 14.4 Å². The summed E-state index contributed by atoms with van der Waals surface area (Å²) in [6, 6.07) is 7.90. The maximum atomic E-state index is 12.6. The Bertz CT molecular complexity index is 997. The van der Waals surface area contributed by atoms with E-state index in [1.807, 2.05) is 29.1 Å². The van der Waals surface area contributed by atoms with Crippen LogP contribution in [0.2, 0.25) is 0 Å². The Labute approximate surface area is 130 Å². The number of aryl methyl sites for hydroxylation is 2. The molecule has 23 heavy (non-hydrogen) atoms. The highest BCUT2D eigenvalue weighted by Crippen LogP contribution is 2.10. The highest BCUT2D eigenvalue weighted by Gasteiger charge is 2.13. The summed E-state index contributed by atoms with van der Waals surface area (Å²) in [4.78, 5) is 36.1. The number of carboxylic acid groups (broad SMARTS) is 1. The monoisotopic (exact) mass is 313 g/mol. The molecule has 0 aliphatic heterocycles. The molecule has 0 fully saturated rings. The Kier molecular flexibility index (Phi) is 3.61. The minimum absolute atomic E-state index is 0.0187. The SMILES string of the molecule is Cn1c(=O)n(CCn2cccc2)c(=O)c2cc(C(=O)O)ccc21. The van der Waals surface area contributed by atoms with Crippen molar-refractivity contribution in [3.63, 3.8) is 0 Å². The summed E-state index contributed by atoms with van der Waals surface area (Å²) in [6.45, 7) is 0.694. The van der Waals surface area contributed by atoms with E-state index in [1.54, 1.807) is 7.05 Å². The molecule has 3 rings (SSSR count). The van der Waals surface area contributed by atoms with Crippen LogP contribution in [0.5, 0.6) is 0 Å². The number of fused-ring (bicyclic) bond motifs is 1. The molecule has 1 N–H and O–H groups in total. The van der Waals surface area contributed by atoms with Crippen LogP contribution in [0.15, 0.2) is 52.3 Å². The molecular weight excluding hydrogens is 298 g/mol. The first-order valence-electron chi connectivity index (χ1n) is 7.06. The number of hydrogen-bond donors (Lipinski definition) is 1. The van der Waals surface area contributed by atoms with Crippen molar-refractivity contribution < 1.29 is 9.90 Å². The molecule has 0 aliphatic rings. The van der Waals surface area contributed by atoms with Gasteiger partial charge in [-0.2, -0.15) is 0 Å². The second-order valence-corrected chi connectivity index (χ2v) is 5.26. The van der Waals surface area contributed by atoms with Crippen LogP contribution in [-0.4, -0.2) is 24.8 Å². The summed E-state index contributed by atoms with van der Waals surface area (Å²) in [7, 11) is 1.57. The van der Waals surface area contributed by atoms with E-state index in [1.165, 1.54) is 22.8 Å². The fraction of sp³-hybridized carbons (Fsp3) is 0.188. The Morgan fingerprint density at radius 3 is 2.48 bits per heavy atom. The predicted octanol–water partition coefficient (Wildman–Crippen LogP) is 0.900. The zero-order valence-electron chi connectivity index (χ0n) is 12.5. The molecule has 7 heteroatoms. The third-order valence-electron chi connectivity index (χ3n) is 3.85. The van der Waals surface area contributed by atoms with Gasteiger partial charge >= 0.3 is 11.7 Å². The van der Waals surface area contributed by atoms with Crippen LogP contribution in [0.25, 0.3) is 10.9 Å². The van der Waals surface area contributed by atoms with Gasteiger partial charge in [-0.1, -0.05) is 0 Å². The molecule has 0 bridgehead atoms. The van der Waals surface area contributed by atoms with Gasteiger partial charge in [0.2, 0.25) is 0 Å². The average Bonchev–Trinajstić information content (AvgIpc) is 3.05. The second kappa shape index (κ2) is 5.60. The normalized spacial score (nSPS) is 11.0. The van der Waals surface area contributed by atoms with E-state index in [0.29, 0.717) is 12.1 Å². The molecular formula is C16H15N3O4. The van der Waals surface area contributed by atoms with E-state index in [4.69, 9.17) is 5.11 Å². The highest BCUT2D eigenvalue weighted by molar-refractivity contribution is 5.93. The summed E-state index contributed by atoms with van der Waals surface area (Å²) in [5, 5.41) is 9.30. The van der Waals surface area contributed by atoms with Crippen LogP contribution in [0.4, 0.5) is 0 Å². The van der Waals surface area contributed by atoms with Crippen LogP contribution in [-0.2, 0) is 20.1 Å². The second-order valence-electron chi connectivity index (χ2n) is 5.26. The molecule has 7 nitrogen and oxygen atoms in total. The van der Waals surface area contributed by atoms with Gasteiger partial charge < -0.3 is 9.67 Å². The lowest BCUT2D eigenvalue weighted by molar-refractivity contribution is 0.0697. The van der Waals surface area contributed by atoms with E-state index in [-0.39, 0.29) is 17.5 Å². The highest BCUT2D eigenvalue weighted by atomic mass is 16.4. The Balaban J connectivity index is 2.15. The lowest BCUT2D eigenvalue weighted by Crippen LogP contribution is -2.40. The van der Waals surface area contributed by atoms with Crippen molar-refractivity contribution in [3.05, 3.63) is 69.1 Å². The minimum atomic E-state index is -1.11. The maximum Gasteiger partial charge on any atom is 0.335 e. The van der Waals surface area contributed by atoms with Crippen molar-refractivity contribution in [1.82, 2.24) is 13.7 Å². The summed E-state index contributed by atoms with van der Waals surface area (Å²) in [5.74, 6) is -1.11. The zero-order chi connectivity index (χ0) is 16.6. The number of carbonyl (C=O) groups is 1. The van der Waals surface area contributed by atoms with Crippen molar-refractivity contribution in [1.29, 1.82) is 0 Å². The minimum Gasteiger partial charge on any atom is -0.478 e. The van der Waals surface area contributed by atoms with Crippen molar-refractivity contribution in [2.45, 2.75) is 13.1 Å². The topological polar surface area (TPSA) is 86.2 Å². The summed E-state index contributed by atoms with van der Waals surface area (Å²) < 4.78 is 4.36. The van der Waals surface area contributed by atoms with Gasteiger partial charge in [0.05, 0.1) is 16.5 Å². The van der Waals surface area contributed by atoms with Crippen molar-refractivity contribution >= 4 is 16.9 Å². The number of nitrogens with zero attached hydrogens (tertiary/aromatic N) is 3. The van der Waals surface area contributed by atoms with Crippen LogP contribution in [0.1, 0.15) is 10.4 Å². The standard InChI is InChI=1S/C16H15N3O4/c1-17-13-5-4-11(15(21)22)10-12(13)14(20)19(16(17)23)9-8-18-6-2-3-7-18/h2-7,10H,8-9H2,1H3,(H,21,22). The molecule has 2 heterocycles. The largest absolute Gasteiger partial charge is 0.478 e. The van der Waals surface area contributed by atoms with Crippen LogP contribution in [0.3, 0.4) is 0 Å². The van der Waals surface area contributed by atoms with Gasteiger partial charge in [0.25, 0.3) is 5.56 Å². The van der Waals surface area contributed by atoms with Gasteiger partial charge in [-0.3, -0.25) is 13.9 Å². The van der Waals surface area contributed by atoms with Crippen LogP contribution >= 0.6 is 0 Å². The fourth-order valence-electron chi connectivity index (χ4n) is 2.58. The van der Waals surface area contributed by atoms with Crippen molar-refractivity contribution in [2.24, 2.45) is 7.05 Å². The number of benzene rings is 1. The molecule has 3 aromatic rings. The maximum absolute atomic E-state index is 12.6. The number of rotatable bonds is 4. The average molecular weight is 313 g/mol. The number of hydrogen-bond acceptors (Lipinski definition) is 3. The summed E-state index contributed by atoms with van der Waals surface area (Å²) in [6.07, 6.45) is 3.69. The van der Waals surface area contributed by atoms with Crippen molar-refractivity contribution in [3.8, 4) is 0 Å². The number of aromatic carboxylic acids is 1. The molecule has 0 spiro atoms. The predicted molar refractivity (Wildman–Crippen MR) is 84.8 cm³/mol. The van der Waals surface area contributed by atoms with Gasteiger partial charge in [0.15, 0.2) is 0 Å². The smallest absolute Gasteiger partial charge is 0.335 e. The first-order valence-corrected chi connectivity index (χ1v) is 7.06. The van der Waals surface area contributed by atoms with Gasteiger partial charge in [0.1, 0.15) is 0 Å². The quantitative estimate of drug-likeness (QED) is 0.775. The Hall–Kier alpha value is -3.09. The first kappa shape index (κ1) is 14.8. The molecule has 0 amide bonds.